The molecule has 0 saturated carbocycles. The predicted molar refractivity (Wildman–Crippen MR) is 75.5 cm³/mol. The molecule has 0 aliphatic carbocycles. The predicted octanol–water partition coefficient (Wildman–Crippen LogP) is 2.39. The van der Waals surface area contributed by atoms with Gasteiger partial charge in [0.25, 0.3) is 0 Å². The zero-order valence-electron chi connectivity index (χ0n) is 12.1. The second kappa shape index (κ2) is 4.58. The van der Waals surface area contributed by atoms with Gasteiger partial charge in [0.15, 0.2) is 11.9 Å². The third-order valence-corrected chi connectivity index (χ3v) is 4.20. The topological polar surface area (TPSA) is 58.9 Å². The molecule has 0 amide bonds. The normalized spacial score (nSPS) is 29.7. The van der Waals surface area contributed by atoms with Crippen molar-refractivity contribution in [1.29, 1.82) is 0 Å². The van der Waals surface area contributed by atoms with Crippen LogP contribution in [0.3, 0.4) is 0 Å². The lowest BCUT2D eigenvalue weighted by atomic mass is 9.90. The molecule has 4 heteroatoms. The van der Waals surface area contributed by atoms with Crippen LogP contribution in [0.5, 0.6) is 0 Å². The molecule has 2 N–H and O–H groups in total. The minimum absolute atomic E-state index is 0.123. The fourth-order valence-electron chi connectivity index (χ4n) is 3.36. The number of aliphatic hydroxyl groups is 2. The molecule has 2 heterocycles. The molecular weight excluding hydrogens is 256 g/mol. The van der Waals surface area contributed by atoms with Crippen LogP contribution in [0.1, 0.15) is 28.7 Å². The van der Waals surface area contributed by atoms with Gasteiger partial charge in [-0.05, 0) is 37.5 Å². The number of benzene rings is 1. The first-order valence-corrected chi connectivity index (χ1v) is 6.90. The van der Waals surface area contributed by atoms with Crippen molar-refractivity contribution in [3.63, 3.8) is 0 Å². The molecule has 2 aliphatic heterocycles. The standard InChI is InChI=1S/C16H20O4/c1-9-6-10(2)12(11(3)7-9)13-14(17)16(20-15(13)18)4-5-19-8-16/h6-7,15,17-18H,4-5,8H2,1-3H3. The Bertz CT molecular complexity index is 559. The highest BCUT2D eigenvalue weighted by molar-refractivity contribution is 5.77. The highest BCUT2D eigenvalue weighted by atomic mass is 16.6. The molecule has 1 fully saturated rings. The van der Waals surface area contributed by atoms with E-state index in [4.69, 9.17) is 9.47 Å². The van der Waals surface area contributed by atoms with Gasteiger partial charge in [0, 0.05) is 6.42 Å². The Morgan fingerprint density at radius 1 is 1.20 bits per heavy atom. The van der Waals surface area contributed by atoms with E-state index < -0.39 is 11.9 Å². The maximum absolute atomic E-state index is 10.6. The van der Waals surface area contributed by atoms with Gasteiger partial charge in [-0.2, -0.15) is 0 Å². The van der Waals surface area contributed by atoms with Gasteiger partial charge < -0.3 is 19.7 Å². The van der Waals surface area contributed by atoms with E-state index in [-0.39, 0.29) is 5.76 Å². The number of ether oxygens (including phenoxy) is 2. The fourth-order valence-corrected chi connectivity index (χ4v) is 3.36. The van der Waals surface area contributed by atoms with Crippen molar-refractivity contribution < 1.29 is 19.7 Å². The van der Waals surface area contributed by atoms with Gasteiger partial charge in [-0.15, -0.1) is 0 Å². The van der Waals surface area contributed by atoms with Gasteiger partial charge in [-0.1, -0.05) is 17.7 Å². The van der Waals surface area contributed by atoms with E-state index in [9.17, 15) is 10.2 Å². The lowest BCUT2D eigenvalue weighted by Crippen LogP contribution is -2.33. The molecule has 0 bridgehead atoms. The quantitative estimate of drug-likeness (QED) is 0.827. The smallest absolute Gasteiger partial charge is 0.186 e. The summed E-state index contributed by atoms with van der Waals surface area (Å²) in [6, 6.07) is 4.09. The number of aryl methyl sites for hydroxylation is 3. The van der Waals surface area contributed by atoms with Gasteiger partial charge in [-0.3, -0.25) is 0 Å². The highest BCUT2D eigenvalue weighted by Gasteiger charge is 2.50. The molecule has 1 spiro atoms. The molecule has 2 atom stereocenters. The summed E-state index contributed by atoms with van der Waals surface area (Å²) in [4.78, 5) is 0. The summed E-state index contributed by atoms with van der Waals surface area (Å²) < 4.78 is 11.0. The van der Waals surface area contributed by atoms with E-state index in [1.54, 1.807) is 0 Å². The number of rotatable bonds is 1. The van der Waals surface area contributed by atoms with Crippen LogP contribution in [-0.2, 0) is 9.47 Å². The van der Waals surface area contributed by atoms with Gasteiger partial charge in [0.2, 0.25) is 0 Å². The van der Waals surface area contributed by atoms with E-state index in [0.717, 1.165) is 22.3 Å². The highest BCUT2D eigenvalue weighted by Crippen LogP contribution is 2.44. The number of hydrogen-bond donors (Lipinski definition) is 2. The van der Waals surface area contributed by atoms with E-state index in [2.05, 4.69) is 0 Å². The lowest BCUT2D eigenvalue weighted by molar-refractivity contribution is -0.130. The summed E-state index contributed by atoms with van der Waals surface area (Å²) in [6.07, 6.45) is -0.527. The molecule has 0 radical (unpaired) electrons. The first-order valence-electron chi connectivity index (χ1n) is 6.90. The van der Waals surface area contributed by atoms with Crippen LogP contribution in [-0.4, -0.2) is 35.3 Å². The second-order valence-electron chi connectivity index (χ2n) is 5.80. The average molecular weight is 276 g/mol. The molecule has 20 heavy (non-hydrogen) atoms. The zero-order chi connectivity index (χ0) is 14.5. The Labute approximate surface area is 118 Å². The first kappa shape index (κ1) is 13.6. The van der Waals surface area contributed by atoms with Crippen molar-refractivity contribution in [2.75, 3.05) is 13.2 Å². The van der Waals surface area contributed by atoms with E-state index in [0.29, 0.717) is 25.2 Å². The van der Waals surface area contributed by atoms with Crippen LogP contribution in [0.4, 0.5) is 0 Å². The van der Waals surface area contributed by atoms with Crippen molar-refractivity contribution in [3.05, 3.63) is 40.1 Å². The maximum Gasteiger partial charge on any atom is 0.186 e. The maximum atomic E-state index is 10.6. The van der Waals surface area contributed by atoms with E-state index >= 15 is 0 Å². The van der Waals surface area contributed by atoms with E-state index in [1.165, 1.54) is 0 Å². The van der Waals surface area contributed by atoms with Crippen molar-refractivity contribution in [2.24, 2.45) is 0 Å². The van der Waals surface area contributed by atoms with Crippen LogP contribution in [0.2, 0.25) is 0 Å². The molecule has 108 valence electrons. The molecule has 2 aliphatic rings. The minimum Gasteiger partial charge on any atom is -0.509 e. The Hall–Kier alpha value is -1.36. The Morgan fingerprint density at radius 3 is 2.40 bits per heavy atom. The largest absolute Gasteiger partial charge is 0.509 e. The van der Waals surface area contributed by atoms with Crippen LogP contribution >= 0.6 is 0 Å². The van der Waals surface area contributed by atoms with Crippen LogP contribution in [0.25, 0.3) is 5.57 Å². The van der Waals surface area contributed by atoms with Gasteiger partial charge in [0.05, 0.1) is 18.8 Å². The SMILES string of the molecule is Cc1cc(C)c(C2=C(O)C3(CCOC3)OC2O)c(C)c1. The minimum atomic E-state index is -1.10. The lowest BCUT2D eigenvalue weighted by Gasteiger charge is -2.21. The summed E-state index contributed by atoms with van der Waals surface area (Å²) in [7, 11) is 0. The van der Waals surface area contributed by atoms with Crippen molar-refractivity contribution in [2.45, 2.75) is 39.1 Å². The summed E-state index contributed by atoms with van der Waals surface area (Å²) >= 11 is 0. The summed E-state index contributed by atoms with van der Waals surface area (Å²) in [5.74, 6) is 0.123. The zero-order valence-corrected chi connectivity index (χ0v) is 12.1. The molecule has 0 aromatic heterocycles. The van der Waals surface area contributed by atoms with Crippen LogP contribution in [0, 0.1) is 20.8 Å². The molecule has 1 aromatic carbocycles. The van der Waals surface area contributed by atoms with Crippen LogP contribution < -0.4 is 0 Å². The fraction of sp³-hybridized carbons (Fsp3) is 0.500. The molecule has 1 saturated heterocycles. The Morgan fingerprint density at radius 2 is 1.85 bits per heavy atom. The molecule has 1 aromatic rings. The average Bonchev–Trinajstić information content (AvgIpc) is 2.89. The molecule has 3 rings (SSSR count). The number of aliphatic hydroxyl groups excluding tert-OH is 2. The number of hydrogen-bond acceptors (Lipinski definition) is 4. The summed E-state index contributed by atoms with van der Waals surface area (Å²) in [5, 5.41) is 20.9. The molecular formula is C16H20O4. The van der Waals surface area contributed by atoms with E-state index in [1.807, 2.05) is 32.9 Å². The second-order valence-corrected chi connectivity index (χ2v) is 5.80. The van der Waals surface area contributed by atoms with Crippen molar-refractivity contribution in [1.82, 2.24) is 0 Å². The summed E-state index contributed by atoms with van der Waals surface area (Å²) in [6.45, 7) is 6.84. The summed E-state index contributed by atoms with van der Waals surface area (Å²) in [5.41, 5.74) is 3.73. The van der Waals surface area contributed by atoms with Crippen molar-refractivity contribution >= 4 is 5.57 Å². The third-order valence-electron chi connectivity index (χ3n) is 4.20. The molecule has 2 unspecified atom stereocenters. The Kier molecular flexibility index (Phi) is 3.12. The van der Waals surface area contributed by atoms with Gasteiger partial charge in [-0.25, -0.2) is 0 Å². The first-order chi connectivity index (χ1) is 9.44. The van der Waals surface area contributed by atoms with Crippen LogP contribution in [0.15, 0.2) is 17.9 Å². The Balaban J connectivity index is 2.16. The third kappa shape index (κ3) is 1.87. The van der Waals surface area contributed by atoms with Gasteiger partial charge >= 0.3 is 0 Å². The molecule has 4 nitrogen and oxygen atoms in total. The monoisotopic (exact) mass is 276 g/mol. The van der Waals surface area contributed by atoms with Gasteiger partial charge in [0.1, 0.15) is 5.76 Å². The van der Waals surface area contributed by atoms with Crippen molar-refractivity contribution in [3.8, 4) is 0 Å².